The predicted molar refractivity (Wildman–Crippen MR) is 45.3 cm³/mol. The summed E-state index contributed by atoms with van der Waals surface area (Å²) < 4.78 is 0. The minimum absolute atomic E-state index is 0.139. The first-order valence-corrected chi connectivity index (χ1v) is 3.79. The molecule has 1 aromatic carbocycles. The van der Waals surface area contributed by atoms with Gasteiger partial charge in [0.1, 0.15) is 0 Å². The van der Waals surface area contributed by atoms with Crippen LogP contribution in [0.15, 0.2) is 24.4 Å². The Morgan fingerprint density at radius 3 is 2.69 bits per heavy atom. The summed E-state index contributed by atoms with van der Waals surface area (Å²) in [5, 5.41) is 28.1. The SMILES string of the molecule is [O-]c1ccc(Cl)cc1C=CN(O)O. The number of nitrogens with zero attached hydrogens (tertiary/aromatic N) is 1. The highest BCUT2D eigenvalue weighted by Gasteiger charge is 1.92. The van der Waals surface area contributed by atoms with Gasteiger partial charge in [0.2, 0.25) is 0 Å². The molecule has 0 atom stereocenters. The highest BCUT2D eigenvalue weighted by Crippen LogP contribution is 2.20. The largest absolute Gasteiger partial charge is 0.872 e. The molecule has 2 N–H and O–H groups in total. The number of hydrogen-bond acceptors (Lipinski definition) is 4. The summed E-state index contributed by atoms with van der Waals surface area (Å²) in [7, 11) is 0. The van der Waals surface area contributed by atoms with Crippen molar-refractivity contribution in [2.45, 2.75) is 0 Å². The maximum Gasteiger partial charge on any atom is 0.0587 e. The second-order valence-corrected chi connectivity index (χ2v) is 2.75. The van der Waals surface area contributed by atoms with E-state index < -0.39 is 0 Å². The van der Waals surface area contributed by atoms with Crippen LogP contribution in [0.1, 0.15) is 5.56 Å². The lowest BCUT2D eigenvalue weighted by atomic mass is 10.2. The van der Waals surface area contributed by atoms with E-state index in [-0.39, 0.29) is 11.0 Å². The van der Waals surface area contributed by atoms with Crippen molar-refractivity contribution in [3.63, 3.8) is 0 Å². The molecule has 0 aliphatic heterocycles. The predicted octanol–water partition coefficient (Wildman–Crippen LogP) is 1.46. The van der Waals surface area contributed by atoms with Crippen molar-refractivity contribution in [1.29, 1.82) is 0 Å². The second-order valence-electron chi connectivity index (χ2n) is 2.32. The highest BCUT2D eigenvalue weighted by atomic mass is 35.5. The van der Waals surface area contributed by atoms with Gasteiger partial charge in [-0.05, 0) is 23.8 Å². The molecule has 5 heteroatoms. The Kier molecular flexibility index (Phi) is 3.13. The van der Waals surface area contributed by atoms with Gasteiger partial charge in [0, 0.05) is 5.02 Å². The first-order chi connectivity index (χ1) is 6.09. The van der Waals surface area contributed by atoms with E-state index >= 15 is 0 Å². The van der Waals surface area contributed by atoms with Crippen molar-refractivity contribution < 1.29 is 15.5 Å². The lowest BCUT2D eigenvalue weighted by Gasteiger charge is -2.10. The second kappa shape index (κ2) is 4.13. The number of rotatable bonds is 2. The maximum absolute atomic E-state index is 11.1. The summed E-state index contributed by atoms with van der Waals surface area (Å²) in [5.74, 6) is -0.234. The molecule has 0 radical (unpaired) electrons. The third-order valence-electron chi connectivity index (χ3n) is 1.36. The normalized spacial score (nSPS) is 10.7. The number of hydrogen-bond donors (Lipinski definition) is 2. The maximum atomic E-state index is 11.1. The van der Waals surface area contributed by atoms with Crippen molar-refractivity contribution in [3.05, 3.63) is 35.0 Å². The van der Waals surface area contributed by atoms with Crippen LogP contribution in [-0.2, 0) is 0 Å². The Labute approximate surface area is 79.8 Å². The molecule has 0 saturated carbocycles. The van der Waals surface area contributed by atoms with Crippen LogP contribution in [0.25, 0.3) is 6.08 Å². The Balaban J connectivity index is 2.93. The molecule has 0 fully saturated rings. The van der Waals surface area contributed by atoms with Gasteiger partial charge in [-0.15, -0.1) is 11.0 Å². The quantitative estimate of drug-likeness (QED) is 0.710. The van der Waals surface area contributed by atoms with Crippen LogP contribution in [0.4, 0.5) is 0 Å². The summed E-state index contributed by atoms with van der Waals surface area (Å²) in [6.45, 7) is 0. The highest BCUT2D eigenvalue weighted by molar-refractivity contribution is 6.30. The fourth-order valence-corrected chi connectivity index (χ4v) is 0.977. The molecule has 0 bridgehead atoms. The zero-order valence-corrected chi connectivity index (χ0v) is 7.27. The molecule has 1 aromatic rings. The standard InChI is InChI=1S/C8H8ClNO3/c9-7-1-2-8(11)6(5-7)3-4-10(12)13/h1-5,11-13H/p-1. The number of halogens is 1. The summed E-state index contributed by atoms with van der Waals surface area (Å²) in [6.07, 6.45) is 2.17. The molecule has 0 spiro atoms. The smallest absolute Gasteiger partial charge is 0.0587 e. The molecule has 0 aliphatic carbocycles. The molecule has 4 nitrogen and oxygen atoms in total. The fourth-order valence-electron chi connectivity index (χ4n) is 0.797. The van der Waals surface area contributed by atoms with Crippen LogP contribution in [0.2, 0.25) is 5.02 Å². The first kappa shape index (κ1) is 9.85. The molecule has 0 saturated heterocycles. The zero-order chi connectivity index (χ0) is 9.84. The van der Waals surface area contributed by atoms with Crippen LogP contribution >= 0.6 is 11.6 Å². The average Bonchev–Trinajstić information content (AvgIpc) is 2.06. The molecule has 0 amide bonds. The Bertz CT molecular complexity index is 325. The van der Waals surface area contributed by atoms with Gasteiger partial charge in [0.15, 0.2) is 0 Å². The molecule has 0 aliphatic rings. The Morgan fingerprint density at radius 1 is 1.38 bits per heavy atom. The fraction of sp³-hybridized carbons (Fsp3) is 0. The summed E-state index contributed by atoms with van der Waals surface area (Å²) in [5.41, 5.74) is 0.292. The minimum atomic E-state index is -0.234. The minimum Gasteiger partial charge on any atom is -0.872 e. The molecule has 0 heterocycles. The van der Waals surface area contributed by atoms with Gasteiger partial charge in [-0.2, -0.15) is 0 Å². The van der Waals surface area contributed by atoms with Crippen LogP contribution < -0.4 is 5.11 Å². The van der Waals surface area contributed by atoms with E-state index in [9.17, 15) is 5.11 Å². The molecule has 0 aromatic heterocycles. The van der Waals surface area contributed by atoms with Gasteiger partial charge in [0.05, 0.1) is 6.20 Å². The van der Waals surface area contributed by atoms with E-state index in [4.69, 9.17) is 22.0 Å². The lowest BCUT2D eigenvalue weighted by Crippen LogP contribution is -2.02. The van der Waals surface area contributed by atoms with Gasteiger partial charge in [-0.1, -0.05) is 17.7 Å². The molecule has 13 heavy (non-hydrogen) atoms. The van der Waals surface area contributed by atoms with Crippen LogP contribution in [-0.4, -0.2) is 15.6 Å². The zero-order valence-electron chi connectivity index (χ0n) is 6.51. The lowest BCUT2D eigenvalue weighted by molar-refractivity contribution is -0.269. The van der Waals surface area contributed by atoms with Gasteiger partial charge in [-0.3, -0.25) is 10.4 Å². The summed E-state index contributed by atoms with van der Waals surface area (Å²) >= 11 is 5.62. The van der Waals surface area contributed by atoms with Gasteiger partial charge in [-0.25, -0.2) is 0 Å². The average molecular weight is 201 g/mol. The van der Waals surface area contributed by atoms with Crippen LogP contribution in [0.5, 0.6) is 5.75 Å². The van der Waals surface area contributed by atoms with E-state index in [1.807, 2.05) is 0 Å². The molecular weight excluding hydrogens is 194 g/mol. The van der Waals surface area contributed by atoms with Crippen molar-refractivity contribution in [2.24, 2.45) is 0 Å². The van der Waals surface area contributed by atoms with Gasteiger partial charge >= 0.3 is 0 Å². The molecule has 1 rings (SSSR count). The van der Waals surface area contributed by atoms with Crippen molar-refractivity contribution >= 4 is 17.7 Å². The number of benzene rings is 1. The van der Waals surface area contributed by atoms with Crippen LogP contribution in [0.3, 0.4) is 0 Å². The van der Waals surface area contributed by atoms with Crippen LogP contribution in [0, 0.1) is 0 Å². The van der Waals surface area contributed by atoms with Crippen molar-refractivity contribution in [1.82, 2.24) is 5.23 Å². The Hall–Kier alpha value is -1.23. The molecule has 0 unspecified atom stereocenters. The molecule has 70 valence electrons. The van der Waals surface area contributed by atoms with Crippen molar-refractivity contribution in [3.8, 4) is 5.75 Å². The molecular formula is C8H7ClNO3-. The van der Waals surface area contributed by atoms with E-state index in [1.54, 1.807) is 0 Å². The third-order valence-corrected chi connectivity index (χ3v) is 1.59. The Morgan fingerprint density at radius 2 is 2.08 bits per heavy atom. The van der Waals surface area contributed by atoms with Gasteiger partial charge in [0.25, 0.3) is 0 Å². The number of hydroxylamine groups is 2. The van der Waals surface area contributed by atoms with E-state index in [1.165, 1.54) is 24.3 Å². The monoisotopic (exact) mass is 200 g/mol. The summed E-state index contributed by atoms with van der Waals surface area (Å²) in [6, 6.07) is 4.21. The van der Waals surface area contributed by atoms with Gasteiger partial charge < -0.3 is 5.11 Å². The van der Waals surface area contributed by atoms with E-state index in [0.29, 0.717) is 10.6 Å². The van der Waals surface area contributed by atoms with E-state index in [2.05, 4.69) is 0 Å². The topological polar surface area (TPSA) is 66.8 Å². The third kappa shape index (κ3) is 2.95. The van der Waals surface area contributed by atoms with Crippen molar-refractivity contribution in [2.75, 3.05) is 0 Å². The van der Waals surface area contributed by atoms with E-state index in [0.717, 1.165) is 6.20 Å². The summed E-state index contributed by atoms with van der Waals surface area (Å²) in [4.78, 5) is 0. The first-order valence-electron chi connectivity index (χ1n) is 3.41.